The van der Waals surface area contributed by atoms with Gasteiger partial charge >= 0.3 is 0 Å². The molecular formula is C16H26N2O2. The van der Waals surface area contributed by atoms with Crippen LogP contribution < -0.4 is 4.74 Å². The van der Waals surface area contributed by atoms with E-state index in [0.29, 0.717) is 11.7 Å². The number of aromatic nitrogens is 2. The molecule has 1 heterocycles. The second-order valence-corrected chi connectivity index (χ2v) is 5.96. The molecule has 1 N–H and O–H groups in total. The van der Waals surface area contributed by atoms with E-state index in [0.717, 1.165) is 31.5 Å². The summed E-state index contributed by atoms with van der Waals surface area (Å²) in [6, 6.07) is 0. The van der Waals surface area contributed by atoms with E-state index < -0.39 is 6.10 Å². The summed E-state index contributed by atoms with van der Waals surface area (Å²) in [6.07, 6.45) is 6.47. The first-order valence-electron chi connectivity index (χ1n) is 7.51. The van der Waals surface area contributed by atoms with Gasteiger partial charge in [0.1, 0.15) is 11.8 Å². The second-order valence-electron chi connectivity index (χ2n) is 5.96. The maximum Gasteiger partial charge on any atom is 0.162 e. The molecule has 0 bridgehead atoms. The summed E-state index contributed by atoms with van der Waals surface area (Å²) in [4.78, 5) is 0. The molecule has 0 saturated heterocycles. The van der Waals surface area contributed by atoms with Crippen LogP contribution in [0.2, 0.25) is 0 Å². The van der Waals surface area contributed by atoms with E-state index in [1.807, 2.05) is 4.68 Å². The summed E-state index contributed by atoms with van der Waals surface area (Å²) < 4.78 is 7.27. The standard InChI is InChI=1S/C16H26N2O2/c1-5-6-18-15(14(20-4)10-17-18)16(19)13-8-11(2)7-12(3)9-13/h7,10-11,13,16,19H,5-6,8-9H2,1-4H3. The van der Waals surface area contributed by atoms with Gasteiger partial charge in [-0.2, -0.15) is 5.10 Å². The van der Waals surface area contributed by atoms with E-state index >= 15 is 0 Å². The van der Waals surface area contributed by atoms with Crippen LogP contribution >= 0.6 is 0 Å². The van der Waals surface area contributed by atoms with Crippen molar-refractivity contribution in [1.82, 2.24) is 9.78 Å². The van der Waals surface area contributed by atoms with Gasteiger partial charge in [-0.3, -0.25) is 4.68 Å². The quantitative estimate of drug-likeness (QED) is 0.840. The fourth-order valence-electron chi connectivity index (χ4n) is 3.28. The van der Waals surface area contributed by atoms with E-state index in [9.17, 15) is 5.11 Å². The zero-order valence-corrected chi connectivity index (χ0v) is 13.0. The van der Waals surface area contributed by atoms with Crippen LogP contribution in [0.15, 0.2) is 17.8 Å². The summed E-state index contributed by atoms with van der Waals surface area (Å²) in [6.45, 7) is 7.28. The summed E-state index contributed by atoms with van der Waals surface area (Å²) in [5.74, 6) is 1.47. The number of hydrogen-bond donors (Lipinski definition) is 1. The van der Waals surface area contributed by atoms with Gasteiger partial charge in [-0.25, -0.2) is 0 Å². The molecule has 0 aromatic carbocycles. The van der Waals surface area contributed by atoms with Crippen LogP contribution in [0.4, 0.5) is 0 Å². The molecule has 20 heavy (non-hydrogen) atoms. The monoisotopic (exact) mass is 278 g/mol. The highest BCUT2D eigenvalue weighted by Gasteiger charge is 2.30. The lowest BCUT2D eigenvalue weighted by Gasteiger charge is -2.30. The maximum absolute atomic E-state index is 10.8. The van der Waals surface area contributed by atoms with E-state index in [2.05, 4.69) is 31.9 Å². The number of methoxy groups -OCH3 is 1. The minimum atomic E-state index is -0.509. The van der Waals surface area contributed by atoms with Crippen molar-refractivity contribution < 1.29 is 9.84 Å². The number of aryl methyl sites for hydroxylation is 1. The molecule has 3 unspecified atom stereocenters. The molecule has 1 aliphatic rings. The lowest BCUT2D eigenvalue weighted by Crippen LogP contribution is -2.22. The van der Waals surface area contributed by atoms with Gasteiger partial charge in [0.2, 0.25) is 0 Å². The number of allylic oxidation sites excluding steroid dienone is 2. The summed E-state index contributed by atoms with van der Waals surface area (Å²) in [5.41, 5.74) is 2.20. The largest absolute Gasteiger partial charge is 0.493 e. The predicted molar refractivity (Wildman–Crippen MR) is 79.7 cm³/mol. The Labute approximate surface area is 121 Å². The average Bonchev–Trinajstić information content (AvgIpc) is 2.80. The zero-order chi connectivity index (χ0) is 14.7. The molecular weight excluding hydrogens is 252 g/mol. The molecule has 3 atom stereocenters. The highest BCUT2D eigenvalue weighted by Crippen LogP contribution is 2.39. The third-order valence-electron chi connectivity index (χ3n) is 4.05. The van der Waals surface area contributed by atoms with Crippen LogP contribution in [0.1, 0.15) is 51.8 Å². The number of ether oxygens (including phenoxy) is 1. The third-order valence-corrected chi connectivity index (χ3v) is 4.05. The van der Waals surface area contributed by atoms with Gasteiger partial charge in [-0.05, 0) is 38.0 Å². The van der Waals surface area contributed by atoms with E-state index in [1.54, 1.807) is 13.3 Å². The Hall–Kier alpha value is -1.29. The molecule has 1 aliphatic carbocycles. The minimum Gasteiger partial charge on any atom is -0.493 e. The summed E-state index contributed by atoms with van der Waals surface area (Å²) in [5, 5.41) is 15.2. The zero-order valence-electron chi connectivity index (χ0n) is 13.0. The van der Waals surface area contributed by atoms with Crippen LogP contribution in [0.5, 0.6) is 5.75 Å². The average molecular weight is 278 g/mol. The third kappa shape index (κ3) is 3.06. The number of aliphatic hydroxyl groups excluding tert-OH is 1. The maximum atomic E-state index is 10.8. The summed E-state index contributed by atoms with van der Waals surface area (Å²) >= 11 is 0. The van der Waals surface area contributed by atoms with Crippen LogP contribution in [0.3, 0.4) is 0 Å². The van der Waals surface area contributed by atoms with Crippen LogP contribution in [-0.2, 0) is 6.54 Å². The second kappa shape index (κ2) is 6.44. The topological polar surface area (TPSA) is 47.3 Å². The molecule has 2 rings (SSSR count). The number of nitrogens with zero attached hydrogens (tertiary/aromatic N) is 2. The number of rotatable bonds is 5. The van der Waals surface area contributed by atoms with Gasteiger partial charge in [-0.1, -0.05) is 25.5 Å². The lowest BCUT2D eigenvalue weighted by atomic mass is 9.79. The molecule has 0 saturated carbocycles. The van der Waals surface area contributed by atoms with Gasteiger partial charge in [-0.15, -0.1) is 0 Å². The normalized spacial score (nSPS) is 24.4. The molecule has 0 radical (unpaired) electrons. The molecule has 1 aromatic heterocycles. The van der Waals surface area contributed by atoms with Gasteiger partial charge in [0.25, 0.3) is 0 Å². The fourth-order valence-corrected chi connectivity index (χ4v) is 3.28. The van der Waals surface area contributed by atoms with E-state index in [4.69, 9.17) is 4.74 Å². The minimum absolute atomic E-state index is 0.246. The number of hydrogen-bond acceptors (Lipinski definition) is 3. The Kier molecular flexibility index (Phi) is 4.86. The molecule has 0 fully saturated rings. The summed E-state index contributed by atoms with van der Waals surface area (Å²) in [7, 11) is 1.64. The number of aliphatic hydroxyl groups is 1. The van der Waals surface area contributed by atoms with Crippen LogP contribution in [-0.4, -0.2) is 22.0 Å². The Morgan fingerprint density at radius 3 is 2.90 bits per heavy atom. The fraction of sp³-hybridized carbons (Fsp3) is 0.688. The Morgan fingerprint density at radius 1 is 1.55 bits per heavy atom. The van der Waals surface area contributed by atoms with Crippen LogP contribution in [0.25, 0.3) is 0 Å². The predicted octanol–water partition coefficient (Wildman–Crippen LogP) is 3.33. The van der Waals surface area contributed by atoms with Crippen molar-refractivity contribution in [3.63, 3.8) is 0 Å². The van der Waals surface area contributed by atoms with Crippen molar-refractivity contribution in [3.8, 4) is 5.75 Å². The van der Waals surface area contributed by atoms with Crippen molar-refractivity contribution in [3.05, 3.63) is 23.5 Å². The van der Waals surface area contributed by atoms with Gasteiger partial charge in [0.05, 0.1) is 13.3 Å². The smallest absolute Gasteiger partial charge is 0.162 e. The highest BCUT2D eigenvalue weighted by molar-refractivity contribution is 5.28. The molecule has 4 heteroatoms. The Bertz CT molecular complexity index is 479. The molecule has 0 aliphatic heterocycles. The van der Waals surface area contributed by atoms with Crippen molar-refractivity contribution in [1.29, 1.82) is 0 Å². The van der Waals surface area contributed by atoms with Crippen molar-refractivity contribution in [2.24, 2.45) is 11.8 Å². The molecule has 1 aromatic rings. The van der Waals surface area contributed by atoms with E-state index in [1.165, 1.54) is 5.57 Å². The first-order chi connectivity index (χ1) is 9.56. The van der Waals surface area contributed by atoms with Crippen molar-refractivity contribution in [2.45, 2.75) is 52.7 Å². The van der Waals surface area contributed by atoms with Gasteiger partial charge < -0.3 is 9.84 Å². The van der Waals surface area contributed by atoms with Gasteiger partial charge in [0.15, 0.2) is 5.75 Å². The van der Waals surface area contributed by atoms with Crippen molar-refractivity contribution >= 4 is 0 Å². The van der Waals surface area contributed by atoms with E-state index in [-0.39, 0.29) is 5.92 Å². The van der Waals surface area contributed by atoms with Gasteiger partial charge in [0, 0.05) is 6.54 Å². The first-order valence-corrected chi connectivity index (χ1v) is 7.51. The molecule has 0 amide bonds. The molecule has 0 spiro atoms. The first kappa shape index (κ1) is 15.1. The molecule has 112 valence electrons. The lowest BCUT2D eigenvalue weighted by molar-refractivity contribution is 0.0820. The highest BCUT2D eigenvalue weighted by atomic mass is 16.5. The van der Waals surface area contributed by atoms with Crippen LogP contribution in [0, 0.1) is 11.8 Å². The Balaban J connectivity index is 2.26. The molecule has 4 nitrogen and oxygen atoms in total. The SMILES string of the molecule is CCCn1ncc(OC)c1C(O)C1CC(C)=CC(C)C1. The van der Waals surface area contributed by atoms with Crippen molar-refractivity contribution in [2.75, 3.05) is 7.11 Å². The Morgan fingerprint density at radius 2 is 2.30 bits per heavy atom.